The predicted octanol–water partition coefficient (Wildman–Crippen LogP) is 5.89. The molecule has 2 aliphatic heterocycles. The van der Waals surface area contributed by atoms with Gasteiger partial charge in [-0.25, -0.2) is 0 Å². The third-order valence-electron chi connectivity index (χ3n) is 7.49. The molecule has 0 radical (unpaired) electrons. The molecule has 0 bridgehead atoms. The van der Waals surface area contributed by atoms with Crippen LogP contribution in [0.2, 0.25) is 0 Å². The smallest absolute Gasteiger partial charge is 0.119 e. The molecule has 0 spiro atoms. The van der Waals surface area contributed by atoms with E-state index in [0.29, 0.717) is 5.76 Å². The number of aliphatic hydroxyl groups excluding tert-OH is 1. The van der Waals surface area contributed by atoms with E-state index in [0.717, 1.165) is 36.7 Å². The summed E-state index contributed by atoms with van der Waals surface area (Å²) in [6.45, 7) is 7.00. The molecule has 1 saturated heterocycles. The van der Waals surface area contributed by atoms with Crippen LogP contribution in [0.5, 0.6) is 11.5 Å². The minimum Gasteiger partial charge on any atom is -0.508 e. The lowest BCUT2D eigenvalue weighted by atomic mass is 9.90. The van der Waals surface area contributed by atoms with Crippen molar-refractivity contribution in [2.24, 2.45) is 5.92 Å². The van der Waals surface area contributed by atoms with E-state index in [1.54, 1.807) is 18.2 Å². The van der Waals surface area contributed by atoms with Crippen molar-refractivity contribution in [3.05, 3.63) is 89.2 Å². The summed E-state index contributed by atoms with van der Waals surface area (Å²) in [6.07, 6.45) is 11.2. The van der Waals surface area contributed by atoms with Crippen LogP contribution in [-0.4, -0.2) is 52.3 Å². The average Bonchev–Trinajstić information content (AvgIpc) is 3.01. The number of hydrogen-bond donors (Lipinski definition) is 2. The molecule has 0 aromatic heterocycles. The number of phenols is 1. The second-order valence-corrected chi connectivity index (χ2v) is 9.92. The van der Waals surface area contributed by atoms with Gasteiger partial charge in [0.2, 0.25) is 0 Å². The van der Waals surface area contributed by atoms with E-state index in [1.807, 2.05) is 18.2 Å². The molecular formula is C30H36N2O3. The summed E-state index contributed by atoms with van der Waals surface area (Å²) < 4.78 is 6.06. The van der Waals surface area contributed by atoms with Crippen LogP contribution in [0.3, 0.4) is 0 Å². The number of ether oxygens (including phenoxy) is 1. The summed E-state index contributed by atoms with van der Waals surface area (Å²) in [4.78, 5) is 4.93. The predicted molar refractivity (Wildman–Crippen MR) is 140 cm³/mol. The number of benzene rings is 2. The molecule has 5 rings (SSSR count). The van der Waals surface area contributed by atoms with Gasteiger partial charge >= 0.3 is 0 Å². The van der Waals surface area contributed by atoms with Crippen LogP contribution in [0.25, 0.3) is 5.70 Å². The van der Waals surface area contributed by atoms with Crippen LogP contribution in [0, 0.1) is 5.92 Å². The molecule has 0 amide bonds. The van der Waals surface area contributed by atoms with Crippen molar-refractivity contribution in [3.8, 4) is 11.5 Å². The molecule has 5 heteroatoms. The monoisotopic (exact) mass is 472 g/mol. The number of allylic oxidation sites excluding steroid dienone is 1. The van der Waals surface area contributed by atoms with Gasteiger partial charge in [0.25, 0.3) is 0 Å². The summed E-state index contributed by atoms with van der Waals surface area (Å²) in [6, 6.07) is 16.0. The lowest BCUT2D eigenvalue weighted by molar-refractivity contribution is 0.214. The van der Waals surface area contributed by atoms with E-state index >= 15 is 0 Å². The third-order valence-corrected chi connectivity index (χ3v) is 7.49. The minimum absolute atomic E-state index is 0.130. The van der Waals surface area contributed by atoms with Gasteiger partial charge < -0.3 is 19.8 Å². The SMILES string of the molecule is CC1=C(c2ccc(O)cc2)N(Cc2ccc(OCCN3CCCCCC3)cc2)C2C=CC(O)=CC12. The Morgan fingerprint density at radius 1 is 0.914 bits per heavy atom. The van der Waals surface area contributed by atoms with Crippen molar-refractivity contribution in [1.82, 2.24) is 9.80 Å². The first-order chi connectivity index (χ1) is 17.1. The Bertz CT molecular complexity index is 1090. The van der Waals surface area contributed by atoms with Gasteiger partial charge in [0, 0.05) is 24.7 Å². The topological polar surface area (TPSA) is 56.2 Å². The first kappa shape index (κ1) is 23.6. The largest absolute Gasteiger partial charge is 0.508 e. The van der Waals surface area contributed by atoms with Crippen LogP contribution >= 0.6 is 0 Å². The van der Waals surface area contributed by atoms with Crippen LogP contribution < -0.4 is 4.74 Å². The molecule has 1 fully saturated rings. The van der Waals surface area contributed by atoms with Crippen molar-refractivity contribution in [3.63, 3.8) is 0 Å². The molecule has 0 saturated carbocycles. The zero-order valence-corrected chi connectivity index (χ0v) is 20.6. The Labute approximate surface area is 208 Å². The molecule has 35 heavy (non-hydrogen) atoms. The van der Waals surface area contributed by atoms with E-state index in [2.05, 4.69) is 47.1 Å². The number of nitrogens with zero attached hydrogens (tertiary/aromatic N) is 2. The van der Waals surface area contributed by atoms with Crippen molar-refractivity contribution >= 4 is 5.70 Å². The highest BCUT2D eigenvalue weighted by molar-refractivity contribution is 5.72. The number of hydrogen-bond acceptors (Lipinski definition) is 5. The molecule has 184 valence electrons. The standard InChI is InChI=1S/C30H36N2O3/c1-22-28-20-26(34)12-15-29(28)32(30(22)24-8-10-25(33)11-9-24)21-23-6-13-27(14-7-23)35-19-18-31-16-4-2-3-5-17-31/h6-15,20,28-29,33-34H,2-5,16-19,21H2,1H3. The van der Waals surface area contributed by atoms with E-state index in [4.69, 9.17) is 4.74 Å². The molecule has 2 unspecified atom stereocenters. The highest BCUT2D eigenvalue weighted by atomic mass is 16.5. The second kappa shape index (κ2) is 10.6. The fourth-order valence-corrected chi connectivity index (χ4v) is 5.60. The highest BCUT2D eigenvalue weighted by Gasteiger charge is 2.38. The maximum Gasteiger partial charge on any atom is 0.119 e. The molecule has 3 aliphatic rings. The van der Waals surface area contributed by atoms with E-state index in [9.17, 15) is 10.2 Å². The van der Waals surface area contributed by atoms with Gasteiger partial charge in [-0.3, -0.25) is 4.90 Å². The zero-order chi connectivity index (χ0) is 24.2. The Morgan fingerprint density at radius 2 is 1.63 bits per heavy atom. The number of aromatic hydroxyl groups is 1. The number of likely N-dealkylation sites (tertiary alicyclic amines) is 1. The maximum atomic E-state index is 10.1. The Morgan fingerprint density at radius 3 is 2.34 bits per heavy atom. The van der Waals surface area contributed by atoms with Crippen LogP contribution in [0.15, 0.2) is 78.1 Å². The van der Waals surface area contributed by atoms with Gasteiger partial charge in [0.15, 0.2) is 0 Å². The summed E-state index contributed by atoms with van der Waals surface area (Å²) in [5.74, 6) is 1.63. The second-order valence-electron chi connectivity index (χ2n) is 9.92. The normalized spacial score (nSPS) is 22.7. The summed E-state index contributed by atoms with van der Waals surface area (Å²) >= 11 is 0. The average molecular weight is 473 g/mol. The Balaban J connectivity index is 1.28. The molecule has 1 aliphatic carbocycles. The lowest BCUT2D eigenvalue weighted by Gasteiger charge is -2.31. The molecule has 2 N–H and O–H groups in total. The van der Waals surface area contributed by atoms with E-state index in [1.165, 1.54) is 49.9 Å². The van der Waals surface area contributed by atoms with Crippen LogP contribution in [0.4, 0.5) is 0 Å². The lowest BCUT2D eigenvalue weighted by Crippen LogP contribution is -2.32. The number of rotatable bonds is 7. The van der Waals surface area contributed by atoms with Crippen molar-refractivity contribution < 1.29 is 14.9 Å². The number of aliphatic hydroxyl groups is 1. The molecule has 5 nitrogen and oxygen atoms in total. The highest BCUT2D eigenvalue weighted by Crippen LogP contribution is 2.43. The van der Waals surface area contributed by atoms with Gasteiger partial charge in [0.1, 0.15) is 23.9 Å². The van der Waals surface area contributed by atoms with Crippen molar-refractivity contribution in [2.75, 3.05) is 26.2 Å². The van der Waals surface area contributed by atoms with Gasteiger partial charge in [-0.2, -0.15) is 0 Å². The summed E-state index contributed by atoms with van der Waals surface area (Å²) in [7, 11) is 0. The van der Waals surface area contributed by atoms with E-state index in [-0.39, 0.29) is 17.7 Å². The Kier molecular flexibility index (Phi) is 7.14. The quantitative estimate of drug-likeness (QED) is 0.526. The van der Waals surface area contributed by atoms with Gasteiger partial charge in [0.05, 0.1) is 6.04 Å². The summed E-state index contributed by atoms with van der Waals surface area (Å²) in [5.41, 5.74) is 4.67. The van der Waals surface area contributed by atoms with Crippen LogP contribution in [-0.2, 0) is 6.54 Å². The molecule has 2 heterocycles. The Hall–Kier alpha value is -3.18. The van der Waals surface area contributed by atoms with Crippen LogP contribution in [0.1, 0.15) is 43.7 Å². The summed E-state index contributed by atoms with van der Waals surface area (Å²) in [5, 5.41) is 19.9. The molecule has 2 atom stereocenters. The number of fused-ring (bicyclic) bond motifs is 1. The molecule has 2 aromatic rings. The van der Waals surface area contributed by atoms with Gasteiger partial charge in [-0.15, -0.1) is 0 Å². The third kappa shape index (κ3) is 5.40. The van der Waals surface area contributed by atoms with E-state index < -0.39 is 0 Å². The molecular weight excluding hydrogens is 436 g/mol. The van der Waals surface area contributed by atoms with Gasteiger partial charge in [-0.1, -0.05) is 31.1 Å². The van der Waals surface area contributed by atoms with Gasteiger partial charge in [-0.05, 0) is 98.1 Å². The first-order valence-corrected chi connectivity index (χ1v) is 12.9. The fraction of sp³-hybridized carbons (Fsp3) is 0.400. The molecule has 2 aromatic carbocycles. The fourth-order valence-electron chi connectivity index (χ4n) is 5.60. The van der Waals surface area contributed by atoms with Crippen molar-refractivity contribution in [2.45, 2.75) is 45.2 Å². The maximum absolute atomic E-state index is 10.1. The number of phenolic OH excluding ortho intramolecular Hbond substituents is 1. The zero-order valence-electron chi connectivity index (χ0n) is 20.6. The minimum atomic E-state index is 0.130. The first-order valence-electron chi connectivity index (χ1n) is 12.9. The van der Waals surface area contributed by atoms with Crippen molar-refractivity contribution in [1.29, 1.82) is 0 Å².